The number of allylic oxidation sites excluding steroid dienone is 3. The molecular weight excluding hydrogens is 228 g/mol. The van der Waals surface area contributed by atoms with Crippen LogP contribution in [-0.4, -0.2) is 27.7 Å². The number of hydrogen-bond donors (Lipinski definition) is 2. The van der Waals surface area contributed by atoms with Crippen LogP contribution >= 0.6 is 0 Å². The Kier molecular flexibility index (Phi) is 4.88. The zero-order chi connectivity index (χ0) is 13.9. The number of rotatable bonds is 4. The van der Waals surface area contributed by atoms with E-state index in [1.54, 1.807) is 19.1 Å². The Hall–Kier alpha value is -0.930. The lowest BCUT2D eigenvalue weighted by Gasteiger charge is -2.35. The van der Waals surface area contributed by atoms with Gasteiger partial charge in [-0.3, -0.25) is 4.79 Å². The monoisotopic (exact) mass is 252 g/mol. The molecule has 2 N–H and O–H groups in total. The molecule has 0 heterocycles. The summed E-state index contributed by atoms with van der Waals surface area (Å²) < 4.78 is 0. The molecule has 0 fully saturated rings. The van der Waals surface area contributed by atoms with Crippen molar-refractivity contribution in [2.45, 2.75) is 52.2 Å². The molecule has 0 aromatic rings. The average molecular weight is 252 g/mol. The van der Waals surface area contributed by atoms with Crippen LogP contribution in [0, 0.1) is 11.8 Å². The zero-order valence-electron chi connectivity index (χ0n) is 11.7. The van der Waals surface area contributed by atoms with E-state index in [0.29, 0.717) is 12.8 Å². The Morgan fingerprint density at radius 2 is 2.17 bits per heavy atom. The molecule has 1 aliphatic carbocycles. The SMILES string of the molecule is CC(C)=CC(=O)CC(C)C1C=C[C@@](C)(O)[C@@H](O)C1. The normalized spacial score (nSPS) is 33.0. The molecule has 3 nitrogen and oxygen atoms in total. The minimum Gasteiger partial charge on any atom is -0.390 e. The minimum absolute atomic E-state index is 0.128. The maximum Gasteiger partial charge on any atom is 0.155 e. The summed E-state index contributed by atoms with van der Waals surface area (Å²) in [4.78, 5) is 11.7. The molecule has 0 spiro atoms. The van der Waals surface area contributed by atoms with Crippen molar-refractivity contribution < 1.29 is 15.0 Å². The van der Waals surface area contributed by atoms with Gasteiger partial charge < -0.3 is 10.2 Å². The van der Waals surface area contributed by atoms with Crippen LogP contribution in [0.25, 0.3) is 0 Å². The molecule has 0 saturated carbocycles. The molecule has 4 atom stereocenters. The summed E-state index contributed by atoms with van der Waals surface area (Å²) in [6.07, 6.45) is 5.46. The summed E-state index contributed by atoms with van der Waals surface area (Å²) in [6, 6.07) is 0. The summed E-state index contributed by atoms with van der Waals surface area (Å²) in [5.41, 5.74) is -0.130. The molecule has 2 unspecified atom stereocenters. The van der Waals surface area contributed by atoms with Gasteiger partial charge in [0.1, 0.15) is 5.60 Å². The van der Waals surface area contributed by atoms with E-state index in [4.69, 9.17) is 0 Å². The van der Waals surface area contributed by atoms with Gasteiger partial charge in [-0.05, 0) is 45.1 Å². The van der Waals surface area contributed by atoms with E-state index in [2.05, 4.69) is 0 Å². The molecule has 3 heteroatoms. The molecular formula is C15H24O3. The van der Waals surface area contributed by atoms with Gasteiger partial charge in [0, 0.05) is 6.42 Å². The van der Waals surface area contributed by atoms with Crippen LogP contribution in [0.3, 0.4) is 0 Å². The fourth-order valence-corrected chi connectivity index (χ4v) is 2.28. The molecule has 0 aromatic heterocycles. The van der Waals surface area contributed by atoms with Gasteiger partial charge in [-0.15, -0.1) is 0 Å². The van der Waals surface area contributed by atoms with Crippen molar-refractivity contribution in [2.75, 3.05) is 0 Å². The van der Waals surface area contributed by atoms with E-state index in [0.717, 1.165) is 5.57 Å². The lowest BCUT2D eigenvalue weighted by Crippen LogP contribution is -2.42. The highest BCUT2D eigenvalue weighted by molar-refractivity contribution is 5.90. The van der Waals surface area contributed by atoms with Crippen LogP contribution in [0.15, 0.2) is 23.8 Å². The van der Waals surface area contributed by atoms with Gasteiger partial charge in [0.25, 0.3) is 0 Å². The van der Waals surface area contributed by atoms with Crippen molar-refractivity contribution in [1.82, 2.24) is 0 Å². The summed E-state index contributed by atoms with van der Waals surface area (Å²) in [5, 5.41) is 19.7. The molecule has 0 bridgehead atoms. The fourth-order valence-electron chi connectivity index (χ4n) is 2.28. The van der Waals surface area contributed by atoms with Crippen LogP contribution in [0.4, 0.5) is 0 Å². The smallest absolute Gasteiger partial charge is 0.155 e. The van der Waals surface area contributed by atoms with Gasteiger partial charge in [-0.1, -0.05) is 24.6 Å². The van der Waals surface area contributed by atoms with E-state index < -0.39 is 11.7 Å². The molecule has 1 rings (SSSR count). The second kappa shape index (κ2) is 5.81. The summed E-state index contributed by atoms with van der Waals surface area (Å²) in [7, 11) is 0. The van der Waals surface area contributed by atoms with Gasteiger partial charge in [0.2, 0.25) is 0 Å². The van der Waals surface area contributed by atoms with Crippen molar-refractivity contribution in [1.29, 1.82) is 0 Å². The van der Waals surface area contributed by atoms with Crippen LogP contribution in [0.2, 0.25) is 0 Å². The molecule has 0 amide bonds. The highest BCUT2D eigenvalue weighted by Crippen LogP contribution is 2.31. The predicted molar refractivity (Wildman–Crippen MR) is 72.1 cm³/mol. The van der Waals surface area contributed by atoms with Gasteiger partial charge in [0.05, 0.1) is 6.10 Å². The number of aliphatic hydroxyl groups excluding tert-OH is 1. The number of carbonyl (C=O) groups is 1. The summed E-state index contributed by atoms with van der Waals surface area (Å²) in [6.45, 7) is 7.43. The topological polar surface area (TPSA) is 57.5 Å². The Balaban J connectivity index is 2.62. The summed E-state index contributed by atoms with van der Waals surface area (Å²) in [5.74, 6) is 0.451. The zero-order valence-corrected chi connectivity index (χ0v) is 11.7. The van der Waals surface area contributed by atoms with Gasteiger partial charge in [0.15, 0.2) is 5.78 Å². The maximum atomic E-state index is 11.7. The second-order valence-electron chi connectivity index (χ2n) is 5.87. The Bertz CT molecular complexity index is 362. The third-order valence-corrected chi connectivity index (χ3v) is 3.55. The quantitative estimate of drug-likeness (QED) is 0.596. The number of ketones is 1. The number of hydrogen-bond acceptors (Lipinski definition) is 3. The first-order valence-corrected chi connectivity index (χ1v) is 6.50. The Morgan fingerprint density at radius 3 is 2.67 bits per heavy atom. The standard InChI is InChI=1S/C15H24O3/c1-10(2)7-13(16)8-11(3)12-5-6-15(4,18)14(17)9-12/h5-7,11-12,14,17-18H,8-9H2,1-4H3/t11?,12?,14-,15+/m0/s1. The van der Waals surface area contributed by atoms with Crippen molar-refractivity contribution in [3.8, 4) is 0 Å². The third kappa shape index (κ3) is 4.07. The Labute approximate surface area is 109 Å². The maximum absolute atomic E-state index is 11.7. The minimum atomic E-state index is -1.14. The molecule has 0 radical (unpaired) electrons. The van der Waals surface area contributed by atoms with E-state index in [-0.39, 0.29) is 17.6 Å². The van der Waals surface area contributed by atoms with Crippen molar-refractivity contribution in [3.63, 3.8) is 0 Å². The van der Waals surface area contributed by atoms with E-state index in [9.17, 15) is 15.0 Å². The first-order valence-electron chi connectivity index (χ1n) is 6.50. The van der Waals surface area contributed by atoms with E-state index in [1.165, 1.54) is 0 Å². The molecule has 18 heavy (non-hydrogen) atoms. The van der Waals surface area contributed by atoms with Crippen LogP contribution in [0.5, 0.6) is 0 Å². The average Bonchev–Trinajstić information content (AvgIpc) is 2.20. The van der Waals surface area contributed by atoms with Gasteiger partial charge in [-0.25, -0.2) is 0 Å². The highest BCUT2D eigenvalue weighted by atomic mass is 16.3. The van der Waals surface area contributed by atoms with Crippen LogP contribution < -0.4 is 0 Å². The van der Waals surface area contributed by atoms with Crippen LogP contribution in [-0.2, 0) is 4.79 Å². The molecule has 0 aromatic carbocycles. The lowest BCUT2D eigenvalue weighted by molar-refractivity contribution is -0.115. The van der Waals surface area contributed by atoms with Gasteiger partial charge >= 0.3 is 0 Å². The van der Waals surface area contributed by atoms with E-state index >= 15 is 0 Å². The summed E-state index contributed by atoms with van der Waals surface area (Å²) >= 11 is 0. The van der Waals surface area contributed by atoms with Crippen molar-refractivity contribution in [3.05, 3.63) is 23.8 Å². The molecule has 102 valence electrons. The first kappa shape index (κ1) is 15.1. The number of aliphatic hydroxyl groups is 2. The largest absolute Gasteiger partial charge is 0.390 e. The van der Waals surface area contributed by atoms with Crippen molar-refractivity contribution in [2.24, 2.45) is 11.8 Å². The van der Waals surface area contributed by atoms with E-state index in [1.807, 2.05) is 26.8 Å². The third-order valence-electron chi connectivity index (χ3n) is 3.55. The lowest BCUT2D eigenvalue weighted by atomic mass is 9.77. The van der Waals surface area contributed by atoms with Crippen molar-refractivity contribution >= 4 is 5.78 Å². The first-order chi connectivity index (χ1) is 8.22. The number of carbonyl (C=O) groups excluding carboxylic acids is 1. The van der Waals surface area contributed by atoms with Gasteiger partial charge in [-0.2, -0.15) is 0 Å². The molecule has 0 saturated heterocycles. The molecule has 1 aliphatic rings. The predicted octanol–water partition coefficient (Wildman–Crippen LogP) is 2.24. The highest BCUT2D eigenvalue weighted by Gasteiger charge is 2.34. The molecule has 0 aliphatic heterocycles. The van der Waals surface area contributed by atoms with Crippen LogP contribution in [0.1, 0.15) is 40.5 Å². The fraction of sp³-hybridized carbons (Fsp3) is 0.667. The second-order valence-corrected chi connectivity index (χ2v) is 5.87. The Morgan fingerprint density at radius 1 is 1.56 bits per heavy atom.